The summed E-state index contributed by atoms with van der Waals surface area (Å²) in [4.78, 5) is 7.04. The van der Waals surface area contributed by atoms with E-state index in [1.165, 1.54) is 28.2 Å². The van der Waals surface area contributed by atoms with E-state index < -0.39 is 0 Å². The molecule has 0 unspecified atom stereocenters. The Bertz CT molecular complexity index is 704. The maximum absolute atomic E-state index is 9.33. The highest BCUT2D eigenvalue weighted by atomic mass is 35.5. The molecule has 0 saturated heterocycles. The third-order valence-electron chi connectivity index (χ3n) is 3.21. The van der Waals surface area contributed by atoms with Crippen molar-refractivity contribution in [2.24, 2.45) is 4.99 Å². The first-order chi connectivity index (χ1) is 9.19. The minimum atomic E-state index is 0.763. The summed E-state index contributed by atoms with van der Waals surface area (Å²) in [5.74, 6) is 0. The van der Waals surface area contributed by atoms with Gasteiger partial charge in [-0.3, -0.25) is 0 Å². The minimum Gasteiger partial charge on any atom is -0.240 e. The van der Waals surface area contributed by atoms with Crippen molar-refractivity contribution in [3.63, 3.8) is 0 Å². The topological polar surface area (TPSA) is 36.1 Å². The average molecular weight is 307 g/mol. The van der Waals surface area contributed by atoms with Crippen LogP contribution < -0.4 is 0 Å². The van der Waals surface area contributed by atoms with Crippen molar-refractivity contribution < 1.29 is 0 Å². The van der Waals surface area contributed by atoms with Gasteiger partial charge in [-0.25, -0.2) is 4.99 Å². The number of aryl methyl sites for hydroxylation is 1. The SMILES string of the molecule is CC(=Nc1sc2c(c1C#N)CCC2)c1ccc(Cl)s1. The number of thiophene rings is 2. The molecule has 19 heavy (non-hydrogen) atoms. The molecule has 2 nitrogen and oxygen atoms in total. The van der Waals surface area contributed by atoms with Gasteiger partial charge in [0.2, 0.25) is 0 Å². The van der Waals surface area contributed by atoms with Crippen molar-refractivity contribution in [3.8, 4) is 6.07 Å². The van der Waals surface area contributed by atoms with Crippen LogP contribution in [0.25, 0.3) is 0 Å². The van der Waals surface area contributed by atoms with Gasteiger partial charge in [0.15, 0.2) is 0 Å². The predicted molar refractivity (Wildman–Crippen MR) is 82.3 cm³/mol. The van der Waals surface area contributed by atoms with Gasteiger partial charge in [-0.1, -0.05) is 11.6 Å². The van der Waals surface area contributed by atoms with E-state index in [1.807, 2.05) is 19.1 Å². The van der Waals surface area contributed by atoms with Crippen LogP contribution in [0.5, 0.6) is 0 Å². The summed E-state index contributed by atoms with van der Waals surface area (Å²) in [6, 6.07) is 6.17. The molecule has 1 aliphatic carbocycles. The van der Waals surface area contributed by atoms with E-state index in [9.17, 15) is 5.26 Å². The lowest BCUT2D eigenvalue weighted by Crippen LogP contribution is -1.89. The number of nitriles is 1. The second kappa shape index (κ2) is 5.09. The van der Waals surface area contributed by atoms with Crippen LogP contribution in [0, 0.1) is 11.3 Å². The van der Waals surface area contributed by atoms with Crippen LogP contribution in [0.2, 0.25) is 4.34 Å². The van der Waals surface area contributed by atoms with Crippen LogP contribution in [-0.4, -0.2) is 5.71 Å². The first-order valence-electron chi connectivity index (χ1n) is 6.04. The molecule has 2 heterocycles. The van der Waals surface area contributed by atoms with Gasteiger partial charge in [0.05, 0.1) is 15.6 Å². The fraction of sp³-hybridized carbons (Fsp3) is 0.286. The molecule has 5 heteroatoms. The largest absolute Gasteiger partial charge is 0.240 e. The summed E-state index contributed by atoms with van der Waals surface area (Å²) in [6.45, 7) is 1.97. The molecule has 0 bridgehead atoms. The Balaban J connectivity index is 2.02. The standard InChI is InChI=1S/C14H11ClN2S2/c1-8(11-5-6-13(15)18-11)17-14-10(7-16)9-3-2-4-12(9)19-14/h5-6H,2-4H2,1H3. The van der Waals surface area contributed by atoms with Crippen LogP contribution in [0.4, 0.5) is 5.00 Å². The molecule has 1 aliphatic rings. The number of aliphatic imine (C=N–C) groups is 1. The van der Waals surface area contributed by atoms with Crippen LogP contribution in [0.1, 0.15) is 34.2 Å². The maximum Gasteiger partial charge on any atom is 0.134 e. The van der Waals surface area contributed by atoms with Crippen LogP contribution in [0.15, 0.2) is 17.1 Å². The summed E-state index contributed by atoms with van der Waals surface area (Å²) in [5, 5.41) is 10.2. The molecular weight excluding hydrogens is 296 g/mol. The molecule has 0 aliphatic heterocycles. The fourth-order valence-electron chi connectivity index (χ4n) is 2.30. The fourth-order valence-corrected chi connectivity index (χ4v) is 4.55. The molecular formula is C14H11ClN2S2. The summed E-state index contributed by atoms with van der Waals surface area (Å²) >= 11 is 9.12. The van der Waals surface area contributed by atoms with Crippen molar-refractivity contribution >= 4 is 45.0 Å². The van der Waals surface area contributed by atoms with Crippen LogP contribution in [0.3, 0.4) is 0 Å². The molecule has 96 valence electrons. The van der Waals surface area contributed by atoms with Crippen molar-refractivity contribution in [2.75, 3.05) is 0 Å². The van der Waals surface area contributed by atoms with Crippen molar-refractivity contribution in [1.82, 2.24) is 0 Å². The van der Waals surface area contributed by atoms with E-state index in [1.54, 1.807) is 11.3 Å². The van der Waals surface area contributed by atoms with Crippen molar-refractivity contribution in [2.45, 2.75) is 26.2 Å². The predicted octanol–water partition coefficient (Wildman–Crippen LogP) is 4.96. The highest BCUT2D eigenvalue weighted by Gasteiger charge is 2.22. The molecule has 0 aromatic carbocycles. The molecule has 3 rings (SSSR count). The number of hydrogen-bond acceptors (Lipinski definition) is 4. The Morgan fingerprint density at radius 2 is 2.21 bits per heavy atom. The molecule has 0 spiro atoms. The summed E-state index contributed by atoms with van der Waals surface area (Å²) < 4.78 is 0.763. The lowest BCUT2D eigenvalue weighted by atomic mass is 10.1. The van der Waals surface area contributed by atoms with Gasteiger partial charge in [-0.2, -0.15) is 5.26 Å². The molecule has 0 fully saturated rings. The van der Waals surface area contributed by atoms with E-state index in [0.29, 0.717) is 0 Å². The Labute approximate surface area is 125 Å². The number of hydrogen-bond donors (Lipinski definition) is 0. The van der Waals surface area contributed by atoms with Gasteiger partial charge in [0, 0.05) is 9.75 Å². The number of fused-ring (bicyclic) bond motifs is 1. The molecule has 0 radical (unpaired) electrons. The van der Waals surface area contributed by atoms with Crippen LogP contribution >= 0.6 is 34.3 Å². The van der Waals surface area contributed by atoms with Gasteiger partial charge in [0.25, 0.3) is 0 Å². The summed E-state index contributed by atoms with van der Waals surface area (Å²) in [7, 11) is 0. The molecule has 2 aromatic heterocycles. The van der Waals surface area contributed by atoms with E-state index >= 15 is 0 Å². The van der Waals surface area contributed by atoms with Gasteiger partial charge in [-0.15, -0.1) is 22.7 Å². The quantitative estimate of drug-likeness (QED) is 0.722. The zero-order chi connectivity index (χ0) is 13.4. The highest BCUT2D eigenvalue weighted by molar-refractivity contribution is 7.18. The van der Waals surface area contributed by atoms with Crippen molar-refractivity contribution in [3.05, 3.63) is 37.4 Å². The minimum absolute atomic E-state index is 0.763. The number of nitrogens with zero attached hydrogens (tertiary/aromatic N) is 2. The van der Waals surface area contributed by atoms with Gasteiger partial charge in [0.1, 0.15) is 11.1 Å². The molecule has 0 atom stereocenters. The molecule has 0 saturated carbocycles. The van der Waals surface area contributed by atoms with E-state index in [0.717, 1.165) is 38.3 Å². The second-order valence-corrected chi connectivity index (χ2v) is 7.25. The third kappa shape index (κ3) is 2.34. The Hall–Kier alpha value is -1.15. The van der Waals surface area contributed by atoms with Gasteiger partial charge in [-0.05, 0) is 43.9 Å². The smallest absolute Gasteiger partial charge is 0.134 e. The van der Waals surface area contributed by atoms with E-state index in [2.05, 4.69) is 11.1 Å². The summed E-state index contributed by atoms with van der Waals surface area (Å²) in [5.41, 5.74) is 2.93. The molecule has 0 N–H and O–H groups in total. The van der Waals surface area contributed by atoms with Crippen molar-refractivity contribution in [1.29, 1.82) is 5.26 Å². The summed E-state index contributed by atoms with van der Waals surface area (Å²) in [6.07, 6.45) is 3.28. The Morgan fingerprint density at radius 1 is 1.37 bits per heavy atom. The van der Waals surface area contributed by atoms with Crippen LogP contribution in [-0.2, 0) is 12.8 Å². The zero-order valence-corrected chi connectivity index (χ0v) is 12.8. The normalized spacial score (nSPS) is 14.5. The zero-order valence-electron chi connectivity index (χ0n) is 10.4. The average Bonchev–Trinajstić information content (AvgIpc) is 3.04. The Kier molecular flexibility index (Phi) is 3.44. The monoisotopic (exact) mass is 306 g/mol. The molecule has 0 amide bonds. The number of halogens is 1. The van der Waals surface area contributed by atoms with E-state index in [-0.39, 0.29) is 0 Å². The molecule has 2 aromatic rings. The number of rotatable bonds is 2. The highest BCUT2D eigenvalue weighted by Crippen LogP contribution is 2.40. The lowest BCUT2D eigenvalue weighted by Gasteiger charge is -1.96. The lowest BCUT2D eigenvalue weighted by molar-refractivity contribution is 0.913. The van der Waals surface area contributed by atoms with E-state index in [4.69, 9.17) is 11.6 Å². The van der Waals surface area contributed by atoms with Gasteiger partial charge >= 0.3 is 0 Å². The maximum atomic E-state index is 9.33. The third-order valence-corrected chi connectivity index (χ3v) is 5.74. The first-order valence-corrected chi connectivity index (χ1v) is 8.06. The second-order valence-electron chi connectivity index (χ2n) is 4.45. The van der Waals surface area contributed by atoms with Gasteiger partial charge < -0.3 is 0 Å². The Morgan fingerprint density at radius 3 is 2.89 bits per heavy atom. The first kappa shape index (κ1) is 12.9.